The summed E-state index contributed by atoms with van der Waals surface area (Å²) in [6.07, 6.45) is 2.53. The number of carbonyl (C=O) groups is 4. The molecule has 2 heterocycles. The van der Waals surface area contributed by atoms with Crippen LogP contribution in [0.1, 0.15) is 46.5 Å². The molecule has 2 saturated carbocycles. The Hall–Kier alpha value is -4.53. The summed E-state index contributed by atoms with van der Waals surface area (Å²) in [6.45, 7) is 8.94. The smallest absolute Gasteiger partial charge is 0.407 e. The average Bonchev–Trinajstić information content (AvgIpc) is 3.96. The minimum atomic E-state index is -3.88. The van der Waals surface area contributed by atoms with Gasteiger partial charge in [-0.2, -0.15) is 4.98 Å². The summed E-state index contributed by atoms with van der Waals surface area (Å²) < 4.78 is 38.1. The van der Waals surface area contributed by atoms with Crippen molar-refractivity contribution in [3.05, 3.63) is 55.3 Å². The minimum absolute atomic E-state index is 0.00239. The normalized spacial score (nSPS) is 24.4. The minimum Gasteiger partial charge on any atom is -0.458 e. The first kappa shape index (κ1) is 33.8. The SMILES string of the molecule is C=CC1C[C@]1(NC(=O)[C@@H]1C[C@@H](Oc2nccc(-c3ccccc3)n2)CN1C(=O)[C@@H](NC(=O)OC)C(C)(C)C)C(=O)NS(=O)(=O)C1CC1. The topological polar surface area (TPSA) is 186 Å². The number of benzene rings is 1. The Morgan fingerprint density at radius 2 is 1.83 bits per heavy atom. The molecular formula is C32H40N6O8S. The second kappa shape index (κ2) is 12.9. The lowest BCUT2D eigenvalue weighted by atomic mass is 9.85. The van der Waals surface area contributed by atoms with Crippen LogP contribution in [0.2, 0.25) is 0 Å². The summed E-state index contributed by atoms with van der Waals surface area (Å²) in [6, 6.07) is 8.94. The quantitative estimate of drug-likeness (QED) is 0.299. The lowest BCUT2D eigenvalue weighted by Crippen LogP contribution is -2.60. The number of amides is 4. The molecule has 0 bridgehead atoms. The first-order valence-electron chi connectivity index (χ1n) is 15.4. The summed E-state index contributed by atoms with van der Waals surface area (Å²) in [7, 11) is -2.71. The van der Waals surface area contributed by atoms with Crippen LogP contribution in [0.5, 0.6) is 6.01 Å². The van der Waals surface area contributed by atoms with E-state index in [1.54, 1.807) is 33.0 Å². The van der Waals surface area contributed by atoms with Gasteiger partial charge in [-0.15, -0.1) is 6.58 Å². The van der Waals surface area contributed by atoms with Gasteiger partial charge in [-0.3, -0.25) is 19.1 Å². The lowest BCUT2D eigenvalue weighted by molar-refractivity contribution is -0.142. The van der Waals surface area contributed by atoms with Crippen molar-refractivity contribution in [2.24, 2.45) is 11.3 Å². The molecule has 47 heavy (non-hydrogen) atoms. The highest BCUT2D eigenvalue weighted by atomic mass is 32.2. The van der Waals surface area contributed by atoms with Gasteiger partial charge in [-0.25, -0.2) is 18.2 Å². The summed E-state index contributed by atoms with van der Waals surface area (Å²) >= 11 is 0. The predicted molar refractivity (Wildman–Crippen MR) is 170 cm³/mol. The van der Waals surface area contributed by atoms with Gasteiger partial charge in [0.15, 0.2) is 0 Å². The van der Waals surface area contributed by atoms with Crippen LogP contribution >= 0.6 is 0 Å². The molecule has 252 valence electrons. The summed E-state index contributed by atoms with van der Waals surface area (Å²) in [5.74, 6) is -2.62. The molecule has 15 heteroatoms. The highest BCUT2D eigenvalue weighted by molar-refractivity contribution is 7.91. The maximum Gasteiger partial charge on any atom is 0.407 e. The second-order valence-electron chi connectivity index (χ2n) is 13.2. The van der Waals surface area contributed by atoms with Crippen LogP contribution in [0.3, 0.4) is 0 Å². The third kappa shape index (κ3) is 7.39. The van der Waals surface area contributed by atoms with E-state index >= 15 is 0 Å². The largest absolute Gasteiger partial charge is 0.458 e. The van der Waals surface area contributed by atoms with Crippen LogP contribution in [0, 0.1) is 11.3 Å². The fraction of sp³-hybridized carbons (Fsp3) is 0.500. The molecule has 1 aliphatic heterocycles. The number of hydrogen-bond donors (Lipinski definition) is 3. The van der Waals surface area contributed by atoms with Crippen molar-refractivity contribution in [3.63, 3.8) is 0 Å². The van der Waals surface area contributed by atoms with Crippen LogP contribution in [0.15, 0.2) is 55.3 Å². The molecule has 5 rings (SSSR count). The number of ether oxygens (including phenoxy) is 2. The molecule has 2 aromatic rings. The van der Waals surface area contributed by atoms with E-state index < -0.39 is 74.1 Å². The maximum absolute atomic E-state index is 14.1. The number of aromatic nitrogens is 2. The number of sulfonamides is 1. The molecular weight excluding hydrogens is 628 g/mol. The highest BCUT2D eigenvalue weighted by Gasteiger charge is 2.62. The Morgan fingerprint density at radius 3 is 2.43 bits per heavy atom. The molecule has 3 N–H and O–H groups in total. The molecule has 1 saturated heterocycles. The van der Waals surface area contributed by atoms with Crippen molar-refractivity contribution >= 4 is 33.8 Å². The Bertz CT molecular complexity index is 1660. The van der Waals surface area contributed by atoms with Crippen molar-refractivity contribution in [2.75, 3.05) is 13.7 Å². The third-order valence-electron chi connectivity index (χ3n) is 8.63. The predicted octanol–water partition coefficient (Wildman–Crippen LogP) is 1.93. The molecule has 1 aromatic carbocycles. The Balaban J connectivity index is 1.41. The zero-order chi connectivity index (χ0) is 34.1. The Morgan fingerprint density at radius 1 is 1.13 bits per heavy atom. The third-order valence-corrected chi connectivity index (χ3v) is 10.5. The molecule has 3 fully saturated rings. The number of likely N-dealkylation sites (tertiary alicyclic amines) is 1. The Kier molecular flexibility index (Phi) is 9.31. The van der Waals surface area contributed by atoms with E-state index in [0.717, 1.165) is 5.56 Å². The van der Waals surface area contributed by atoms with E-state index in [1.807, 2.05) is 30.3 Å². The standard InChI is InChI=1S/C32H40N6O8S/c1-6-20-17-32(20,28(41)37-47(43,44)22-12-13-22)36-26(39)24-16-21(18-38(24)27(40)25(31(2,3)4)35-30(42)45-5)46-29-33-15-14-23(34-29)19-10-8-7-9-11-19/h6-11,14-15,20-22,24-25H,1,12-13,16-18H2,2-5H3,(H,35,42)(H,36,39)(H,37,41)/t20?,21-,24+,25-,32-/m1/s1. The molecule has 0 radical (unpaired) electrons. The Labute approximate surface area is 273 Å². The van der Waals surface area contributed by atoms with Crippen molar-refractivity contribution < 1.29 is 37.1 Å². The van der Waals surface area contributed by atoms with E-state index in [4.69, 9.17) is 9.47 Å². The fourth-order valence-electron chi connectivity index (χ4n) is 5.70. The van der Waals surface area contributed by atoms with Gasteiger partial charge < -0.3 is 25.0 Å². The first-order chi connectivity index (χ1) is 22.2. The van der Waals surface area contributed by atoms with Crippen LogP contribution in [0.4, 0.5) is 4.79 Å². The number of hydrogen-bond acceptors (Lipinski definition) is 10. The van der Waals surface area contributed by atoms with Gasteiger partial charge in [-0.1, -0.05) is 57.2 Å². The molecule has 14 nitrogen and oxygen atoms in total. The number of alkyl carbamates (subject to hydrolysis) is 1. The molecule has 2 aliphatic carbocycles. The van der Waals surface area contributed by atoms with E-state index in [0.29, 0.717) is 18.5 Å². The number of carbonyl (C=O) groups excluding carboxylic acids is 4. The van der Waals surface area contributed by atoms with Crippen LogP contribution in [-0.2, 0) is 29.1 Å². The molecule has 5 atom stereocenters. The first-order valence-corrected chi connectivity index (χ1v) is 16.9. The monoisotopic (exact) mass is 668 g/mol. The van der Waals surface area contributed by atoms with Crippen molar-refractivity contribution in [1.29, 1.82) is 0 Å². The number of nitrogens with zero attached hydrogens (tertiary/aromatic N) is 3. The van der Waals surface area contributed by atoms with Gasteiger partial charge in [0.2, 0.25) is 21.8 Å². The molecule has 0 spiro atoms. The van der Waals surface area contributed by atoms with Crippen molar-refractivity contribution in [1.82, 2.24) is 30.2 Å². The zero-order valence-corrected chi connectivity index (χ0v) is 27.6. The van der Waals surface area contributed by atoms with Gasteiger partial charge >= 0.3 is 12.1 Å². The molecule has 1 unspecified atom stereocenters. The average molecular weight is 669 g/mol. The maximum atomic E-state index is 14.1. The molecule has 4 amide bonds. The molecule has 3 aliphatic rings. The van der Waals surface area contributed by atoms with E-state index in [-0.39, 0.29) is 25.4 Å². The molecule has 1 aromatic heterocycles. The summed E-state index contributed by atoms with van der Waals surface area (Å²) in [4.78, 5) is 63.7. The highest BCUT2D eigenvalue weighted by Crippen LogP contribution is 2.45. The van der Waals surface area contributed by atoms with Gasteiger partial charge in [0.25, 0.3) is 5.91 Å². The number of methoxy groups -OCH3 is 1. The van der Waals surface area contributed by atoms with Crippen LogP contribution < -0.4 is 20.1 Å². The van der Waals surface area contributed by atoms with Gasteiger partial charge in [0.1, 0.15) is 23.7 Å². The summed E-state index contributed by atoms with van der Waals surface area (Å²) in [5, 5.41) is 4.68. The fourth-order valence-corrected chi connectivity index (χ4v) is 7.07. The van der Waals surface area contributed by atoms with E-state index in [1.165, 1.54) is 18.1 Å². The number of rotatable bonds is 11. The van der Waals surface area contributed by atoms with Gasteiger partial charge in [0.05, 0.1) is 24.6 Å². The van der Waals surface area contributed by atoms with E-state index in [9.17, 15) is 27.6 Å². The zero-order valence-electron chi connectivity index (χ0n) is 26.8. The number of nitrogens with one attached hydrogen (secondary N) is 3. The van der Waals surface area contributed by atoms with Crippen molar-refractivity contribution in [3.8, 4) is 17.3 Å². The van der Waals surface area contributed by atoms with Gasteiger partial charge in [0, 0.05) is 24.1 Å². The van der Waals surface area contributed by atoms with Crippen LogP contribution in [-0.4, -0.2) is 89.7 Å². The lowest BCUT2D eigenvalue weighted by Gasteiger charge is -2.35. The van der Waals surface area contributed by atoms with Crippen molar-refractivity contribution in [2.45, 2.75) is 75.4 Å². The second-order valence-corrected chi connectivity index (χ2v) is 15.2. The van der Waals surface area contributed by atoms with Crippen LogP contribution in [0.25, 0.3) is 11.3 Å². The summed E-state index contributed by atoms with van der Waals surface area (Å²) in [5.41, 5.74) is -0.879. The van der Waals surface area contributed by atoms with Gasteiger partial charge in [-0.05, 0) is 30.7 Å². The van der Waals surface area contributed by atoms with E-state index in [2.05, 4.69) is 31.9 Å².